The number of carbonyl (C=O) groups is 1. The van der Waals surface area contributed by atoms with Gasteiger partial charge in [-0.3, -0.25) is 4.79 Å². The second kappa shape index (κ2) is 9.86. The second-order valence-corrected chi connectivity index (χ2v) is 6.61. The van der Waals surface area contributed by atoms with Crippen LogP contribution in [0.1, 0.15) is 0 Å². The van der Waals surface area contributed by atoms with Crippen molar-refractivity contribution in [2.45, 2.75) is 0 Å². The molecular formula is C16H23ClFN4O2S+. The first-order valence-corrected chi connectivity index (χ1v) is 8.88. The zero-order valence-corrected chi connectivity index (χ0v) is 15.7. The number of halogens is 2. The van der Waals surface area contributed by atoms with E-state index in [2.05, 4.69) is 10.6 Å². The molecule has 0 radical (unpaired) electrons. The fourth-order valence-electron chi connectivity index (χ4n) is 2.56. The average Bonchev–Trinajstić information content (AvgIpc) is 2.59. The largest absolute Gasteiger partial charge is 0.383 e. The lowest BCUT2D eigenvalue weighted by atomic mass is 10.3. The van der Waals surface area contributed by atoms with Gasteiger partial charge in [-0.15, -0.1) is 0 Å². The summed E-state index contributed by atoms with van der Waals surface area (Å²) in [6.45, 7) is 4.65. The number of rotatable bonds is 6. The van der Waals surface area contributed by atoms with Gasteiger partial charge in [0.25, 0.3) is 5.91 Å². The Morgan fingerprint density at radius 1 is 1.44 bits per heavy atom. The Balaban J connectivity index is 1.74. The molecule has 1 fully saturated rings. The highest BCUT2D eigenvalue weighted by molar-refractivity contribution is 7.80. The highest BCUT2D eigenvalue weighted by Gasteiger charge is 2.23. The molecule has 0 unspecified atom stereocenters. The summed E-state index contributed by atoms with van der Waals surface area (Å²) in [4.78, 5) is 15.1. The van der Waals surface area contributed by atoms with Crippen molar-refractivity contribution in [3.8, 4) is 0 Å². The van der Waals surface area contributed by atoms with Gasteiger partial charge in [-0.2, -0.15) is 0 Å². The van der Waals surface area contributed by atoms with Gasteiger partial charge in [0.15, 0.2) is 11.7 Å². The molecule has 25 heavy (non-hydrogen) atoms. The van der Waals surface area contributed by atoms with Crippen molar-refractivity contribution < 1.29 is 18.8 Å². The molecule has 6 nitrogen and oxygen atoms in total. The highest BCUT2D eigenvalue weighted by Crippen LogP contribution is 2.19. The Bertz CT molecular complexity index is 612. The third kappa shape index (κ3) is 6.39. The summed E-state index contributed by atoms with van der Waals surface area (Å²) in [6, 6.07) is 4.41. The monoisotopic (exact) mass is 389 g/mol. The van der Waals surface area contributed by atoms with E-state index in [4.69, 9.17) is 28.6 Å². The van der Waals surface area contributed by atoms with Crippen LogP contribution in [0.15, 0.2) is 18.2 Å². The summed E-state index contributed by atoms with van der Waals surface area (Å²) in [5.74, 6) is -0.429. The number of hydrogen-bond acceptors (Lipinski definition) is 3. The molecule has 1 aliphatic heterocycles. The molecule has 2 rings (SSSR count). The summed E-state index contributed by atoms with van der Waals surface area (Å²) < 4.78 is 18.1. The van der Waals surface area contributed by atoms with Crippen molar-refractivity contribution in [2.75, 3.05) is 58.3 Å². The zero-order chi connectivity index (χ0) is 18.2. The zero-order valence-electron chi connectivity index (χ0n) is 14.1. The first-order valence-electron chi connectivity index (χ1n) is 8.09. The Morgan fingerprint density at radius 2 is 2.16 bits per heavy atom. The van der Waals surface area contributed by atoms with Gasteiger partial charge in [0.05, 0.1) is 37.8 Å². The molecular weight excluding hydrogens is 367 g/mol. The summed E-state index contributed by atoms with van der Waals surface area (Å²) in [6.07, 6.45) is 0. The minimum Gasteiger partial charge on any atom is -0.383 e. The fourth-order valence-corrected chi connectivity index (χ4v) is 3.04. The first kappa shape index (κ1) is 19.8. The van der Waals surface area contributed by atoms with Gasteiger partial charge in [-0.05, 0) is 30.4 Å². The van der Waals surface area contributed by atoms with E-state index in [-0.39, 0.29) is 10.9 Å². The summed E-state index contributed by atoms with van der Waals surface area (Å²) >= 11 is 11.2. The minimum atomic E-state index is -0.459. The van der Waals surface area contributed by atoms with E-state index >= 15 is 0 Å². The fraction of sp³-hybridized carbons (Fsp3) is 0.500. The molecule has 1 aromatic carbocycles. The predicted molar refractivity (Wildman–Crippen MR) is 99.7 cm³/mol. The predicted octanol–water partition coefficient (Wildman–Crippen LogP) is 0.139. The Labute approximate surface area is 157 Å². The van der Waals surface area contributed by atoms with Crippen LogP contribution in [0.3, 0.4) is 0 Å². The van der Waals surface area contributed by atoms with Crippen LogP contribution in [-0.2, 0) is 9.53 Å². The van der Waals surface area contributed by atoms with Crippen LogP contribution in [-0.4, -0.2) is 68.9 Å². The Morgan fingerprint density at radius 3 is 2.80 bits per heavy atom. The molecule has 0 aliphatic carbocycles. The molecule has 9 heteroatoms. The summed E-state index contributed by atoms with van der Waals surface area (Å²) in [5, 5.41) is 6.53. The van der Waals surface area contributed by atoms with E-state index in [0.29, 0.717) is 30.5 Å². The molecule has 1 aromatic rings. The van der Waals surface area contributed by atoms with Gasteiger partial charge < -0.3 is 25.2 Å². The number of nitrogens with one attached hydrogen (secondary N) is 3. The van der Waals surface area contributed by atoms with Gasteiger partial charge >= 0.3 is 0 Å². The minimum absolute atomic E-state index is 0.0298. The molecule has 0 spiro atoms. The van der Waals surface area contributed by atoms with Gasteiger partial charge in [0.2, 0.25) is 0 Å². The van der Waals surface area contributed by atoms with Crippen molar-refractivity contribution >= 4 is 40.5 Å². The molecule has 1 aliphatic rings. The van der Waals surface area contributed by atoms with E-state index in [0.717, 1.165) is 26.2 Å². The number of methoxy groups -OCH3 is 1. The molecule has 0 saturated carbocycles. The number of thiocarbonyl (C=S) groups is 1. The van der Waals surface area contributed by atoms with Crippen LogP contribution < -0.4 is 15.5 Å². The van der Waals surface area contributed by atoms with Gasteiger partial charge in [-0.25, -0.2) is 4.39 Å². The van der Waals surface area contributed by atoms with Gasteiger partial charge in [-0.1, -0.05) is 11.6 Å². The third-order valence-electron chi connectivity index (χ3n) is 3.97. The molecule has 1 heterocycles. The van der Waals surface area contributed by atoms with Crippen molar-refractivity contribution in [2.24, 2.45) is 0 Å². The smallest absolute Gasteiger partial charge is 0.275 e. The number of nitrogens with zero attached hydrogens (tertiary/aromatic N) is 1. The highest BCUT2D eigenvalue weighted by atomic mass is 35.5. The van der Waals surface area contributed by atoms with Crippen LogP contribution >= 0.6 is 23.8 Å². The van der Waals surface area contributed by atoms with Crippen LogP contribution in [0.2, 0.25) is 5.02 Å². The lowest BCUT2D eigenvalue weighted by Crippen LogP contribution is -3.15. The average molecular weight is 390 g/mol. The molecule has 0 aromatic heterocycles. The van der Waals surface area contributed by atoms with E-state index in [1.807, 2.05) is 4.90 Å². The molecule has 1 saturated heterocycles. The van der Waals surface area contributed by atoms with Crippen molar-refractivity contribution in [1.82, 2.24) is 10.2 Å². The number of ether oxygens (including phenoxy) is 1. The molecule has 0 bridgehead atoms. The Kier molecular flexibility index (Phi) is 7.83. The van der Waals surface area contributed by atoms with Crippen LogP contribution in [0.25, 0.3) is 0 Å². The van der Waals surface area contributed by atoms with E-state index in [1.54, 1.807) is 13.2 Å². The topological polar surface area (TPSA) is 58.0 Å². The van der Waals surface area contributed by atoms with E-state index < -0.39 is 5.82 Å². The molecule has 0 atom stereocenters. The lowest BCUT2D eigenvalue weighted by Gasteiger charge is -2.33. The number of anilines is 1. The number of quaternary nitrogens is 1. The standard InChI is InChI=1S/C16H22ClFN4O2S/c1-24-9-4-19-15(23)11-21-5-7-22(8-6-21)16(25)20-12-2-3-14(18)13(17)10-12/h2-3,10H,4-9,11H2,1H3,(H,19,23)(H,20,25)/p+1. The molecule has 138 valence electrons. The number of amides is 1. The van der Waals surface area contributed by atoms with Crippen LogP contribution in [0.4, 0.5) is 10.1 Å². The normalized spacial score (nSPS) is 15.1. The van der Waals surface area contributed by atoms with Crippen molar-refractivity contribution in [3.63, 3.8) is 0 Å². The van der Waals surface area contributed by atoms with E-state index in [9.17, 15) is 9.18 Å². The molecule has 3 N–H and O–H groups in total. The maximum atomic E-state index is 13.2. The number of benzene rings is 1. The maximum Gasteiger partial charge on any atom is 0.275 e. The van der Waals surface area contributed by atoms with Crippen LogP contribution in [0.5, 0.6) is 0 Å². The first-order chi connectivity index (χ1) is 12.0. The molecule has 1 amide bonds. The maximum absolute atomic E-state index is 13.2. The quantitative estimate of drug-likeness (QED) is 0.477. The van der Waals surface area contributed by atoms with E-state index in [1.165, 1.54) is 17.0 Å². The third-order valence-corrected chi connectivity index (χ3v) is 4.62. The number of carbonyl (C=O) groups excluding carboxylic acids is 1. The second-order valence-electron chi connectivity index (χ2n) is 5.82. The number of hydrogen-bond donors (Lipinski definition) is 3. The van der Waals surface area contributed by atoms with Crippen molar-refractivity contribution in [3.05, 3.63) is 29.0 Å². The SMILES string of the molecule is COCCNC(=O)C[NH+]1CCN(C(=S)Nc2ccc(F)c(Cl)c2)CC1. The Hall–Kier alpha value is -1.48. The lowest BCUT2D eigenvalue weighted by molar-refractivity contribution is -0.895. The van der Waals surface area contributed by atoms with Gasteiger partial charge in [0, 0.05) is 19.3 Å². The van der Waals surface area contributed by atoms with Crippen LogP contribution in [0, 0.1) is 5.82 Å². The number of piperazine rings is 1. The summed E-state index contributed by atoms with van der Waals surface area (Å²) in [5.41, 5.74) is 0.656. The summed E-state index contributed by atoms with van der Waals surface area (Å²) in [7, 11) is 1.60. The van der Waals surface area contributed by atoms with Gasteiger partial charge in [0.1, 0.15) is 5.82 Å². The van der Waals surface area contributed by atoms with Crippen molar-refractivity contribution in [1.29, 1.82) is 0 Å².